The maximum Gasteiger partial charge on any atom is 0.129 e. The van der Waals surface area contributed by atoms with Gasteiger partial charge in [-0.2, -0.15) is 5.10 Å². The molecule has 0 saturated heterocycles. The van der Waals surface area contributed by atoms with E-state index in [0.717, 1.165) is 18.8 Å². The molecular formula is C13H19N3O. The normalized spacial score (nSPS) is 11.2. The van der Waals surface area contributed by atoms with E-state index in [1.807, 2.05) is 23.0 Å². The lowest BCUT2D eigenvalue weighted by molar-refractivity contribution is 0.469. The van der Waals surface area contributed by atoms with Crippen molar-refractivity contribution in [2.45, 2.75) is 26.9 Å². The van der Waals surface area contributed by atoms with Gasteiger partial charge in [-0.05, 0) is 24.6 Å². The van der Waals surface area contributed by atoms with Gasteiger partial charge >= 0.3 is 0 Å². The first kappa shape index (κ1) is 11.9. The molecule has 2 aromatic rings. The molecule has 4 nitrogen and oxygen atoms in total. The third-order valence-electron chi connectivity index (χ3n) is 2.57. The highest BCUT2D eigenvalue weighted by Gasteiger charge is 2.07. The Morgan fingerprint density at radius 2 is 2.35 bits per heavy atom. The minimum atomic E-state index is 0.663. The summed E-state index contributed by atoms with van der Waals surface area (Å²) < 4.78 is 7.36. The fourth-order valence-electron chi connectivity index (χ4n) is 1.70. The van der Waals surface area contributed by atoms with Crippen LogP contribution < -0.4 is 5.32 Å². The van der Waals surface area contributed by atoms with Crippen molar-refractivity contribution in [3.8, 4) is 0 Å². The number of hydrogen-bond acceptors (Lipinski definition) is 3. The summed E-state index contributed by atoms with van der Waals surface area (Å²) in [7, 11) is 0. The SMILES string of the molecule is CC(C)CNCc1ccoc1Cn1cccn1. The molecule has 0 bridgehead atoms. The van der Waals surface area contributed by atoms with E-state index < -0.39 is 0 Å². The number of aromatic nitrogens is 2. The van der Waals surface area contributed by atoms with Crippen LogP contribution in [-0.2, 0) is 13.1 Å². The molecule has 0 aliphatic heterocycles. The van der Waals surface area contributed by atoms with Crippen molar-refractivity contribution in [1.82, 2.24) is 15.1 Å². The van der Waals surface area contributed by atoms with Gasteiger partial charge in [-0.3, -0.25) is 4.68 Å². The van der Waals surface area contributed by atoms with Gasteiger partial charge in [-0.1, -0.05) is 13.8 Å². The average Bonchev–Trinajstić information content (AvgIpc) is 2.91. The van der Waals surface area contributed by atoms with E-state index in [1.54, 1.807) is 12.5 Å². The molecule has 1 N–H and O–H groups in total. The van der Waals surface area contributed by atoms with Crippen LogP contribution in [0.15, 0.2) is 35.2 Å². The van der Waals surface area contributed by atoms with Crippen molar-refractivity contribution < 1.29 is 4.42 Å². The maximum atomic E-state index is 5.49. The summed E-state index contributed by atoms with van der Waals surface area (Å²) in [5, 5.41) is 7.59. The molecule has 0 aliphatic rings. The topological polar surface area (TPSA) is 43.0 Å². The molecule has 0 saturated carbocycles. The Morgan fingerprint density at radius 3 is 3.06 bits per heavy atom. The highest BCUT2D eigenvalue weighted by atomic mass is 16.3. The molecule has 0 unspecified atom stereocenters. The van der Waals surface area contributed by atoms with Crippen LogP contribution in [0, 0.1) is 5.92 Å². The van der Waals surface area contributed by atoms with Gasteiger partial charge < -0.3 is 9.73 Å². The number of hydrogen-bond donors (Lipinski definition) is 1. The summed E-state index contributed by atoms with van der Waals surface area (Å²) in [6, 6.07) is 3.94. The smallest absolute Gasteiger partial charge is 0.129 e. The minimum Gasteiger partial charge on any atom is -0.467 e. The van der Waals surface area contributed by atoms with Gasteiger partial charge in [0, 0.05) is 24.5 Å². The van der Waals surface area contributed by atoms with Crippen molar-refractivity contribution in [2.24, 2.45) is 5.92 Å². The van der Waals surface area contributed by atoms with Crippen LogP contribution >= 0.6 is 0 Å². The van der Waals surface area contributed by atoms with Crippen molar-refractivity contribution in [3.05, 3.63) is 42.1 Å². The number of nitrogens with zero attached hydrogens (tertiary/aromatic N) is 2. The van der Waals surface area contributed by atoms with E-state index >= 15 is 0 Å². The fraction of sp³-hybridized carbons (Fsp3) is 0.462. The van der Waals surface area contributed by atoms with Gasteiger partial charge in [-0.25, -0.2) is 0 Å². The van der Waals surface area contributed by atoms with Crippen LogP contribution in [0.5, 0.6) is 0 Å². The quantitative estimate of drug-likeness (QED) is 0.832. The Morgan fingerprint density at radius 1 is 1.47 bits per heavy atom. The third-order valence-corrected chi connectivity index (χ3v) is 2.57. The van der Waals surface area contributed by atoms with Crippen molar-refractivity contribution >= 4 is 0 Å². The fourth-order valence-corrected chi connectivity index (χ4v) is 1.70. The monoisotopic (exact) mass is 233 g/mol. The summed E-state index contributed by atoms with van der Waals surface area (Å²) in [5.41, 5.74) is 1.21. The standard InChI is InChI=1S/C13H19N3O/c1-11(2)8-14-9-12-4-7-17-13(12)10-16-6-3-5-15-16/h3-7,11,14H,8-10H2,1-2H3. The lowest BCUT2D eigenvalue weighted by Gasteiger charge is -2.07. The Balaban J connectivity index is 1.92. The second-order valence-electron chi connectivity index (χ2n) is 4.60. The summed E-state index contributed by atoms with van der Waals surface area (Å²) >= 11 is 0. The number of rotatable bonds is 6. The first-order chi connectivity index (χ1) is 8.25. The molecule has 17 heavy (non-hydrogen) atoms. The largest absolute Gasteiger partial charge is 0.467 e. The van der Waals surface area contributed by atoms with Gasteiger partial charge in [0.05, 0.1) is 12.8 Å². The minimum absolute atomic E-state index is 0.663. The first-order valence-corrected chi connectivity index (χ1v) is 5.99. The van der Waals surface area contributed by atoms with Crippen LogP contribution in [0.2, 0.25) is 0 Å². The molecule has 2 aromatic heterocycles. The zero-order valence-electron chi connectivity index (χ0n) is 10.4. The van der Waals surface area contributed by atoms with Crippen molar-refractivity contribution in [2.75, 3.05) is 6.54 Å². The summed E-state index contributed by atoms with van der Waals surface area (Å²) in [4.78, 5) is 0. The lowest BCUT2D eigenvalue weighted by Crippen LogP contribution is -2.19. The summed E-state index contributed by atoms with van der Waals surface area (Å²) in [6.07, 6.45) is 5.46. The number of nitrogens with one attached hydrogen (secondary N) is 1. The van der Waals surface area contributed by atoms with Gasteiger partial charge in [-0.15, -0.1) is 0 Å². The van der Waals surface area contributed by atoms with Crippen LogP contribution in [0.4, 0.5) is 0 Å². The second-order valence-corrected chi connectivity index (χ2v) is 4.60. The molecule has 0 spiro atoms. The third kappa shape index (κ3) is 3.46. The summed E-state index contributed by atoms with van der Waals surface area (Å²) in [6.45, 7) is 6.97. The van der Waals surface area contributed by atoms with E-state index in [1.165, 1.54) is 5.56 Å². The van der Waals surface area contributed by atoms with E-state index in [9.17, 15) is 0 Å². The highest BCUT2D eigenvalue weighted by Crippen LogP contribution is 2.11. The maximum absolute atomic E-state index is 5.49. The predicted molar refractivity (Wildman–Crippen MR) is 66.6 cm³/mol. The van der Waals surface area contributed by atoms with E-state index in [0.29, 0.717) is 12.5 Å². The number of furan rings is 1. The van der Waals surface area contributed by atoms with Gasteiger partial charge in [0.15, 0.2) is 0 Å². The van der Waals surface area contributed by atoms with E-state index in [2.05, 4.69) is 24.3 Å². The van der Waals surface area contributed by atoms with E-state index in [4.69, 9.17) is 4.42 Å². The molecule has 0 radical (unpaired) electrons. The van der Waals surface area contributed by atoms with Crippen molar-refractivity contribution in [1.29, 1.82) is 0 Å². The lowest BCUT2D eigenvalue weighted by atomic mass is 10.2. The van der Waals surface area contributed by atoms with Crippen LogP contribution in [0.1, 0.15) is 25.2 Å². The average molecular weight is 233 g/mol. The Labute approximate surface area is 102 Å². The van der Waals surface area contributed by atoms with Gasteiger partial charge in [0.2, 0.25) is 0 Å². The second kappa shape index (κ2) is 5.68. The first-order valence-electron chi connectivity index (χ1n) is 5.99. The van der Waals surface area contributed by atoms with E-state index in [-0.39, 0.29) is 0 Å². The molecule has 2 heterocycles. The Hall–Kier alpha value is -1.55. The van der Waals surface area contributed by atoms with Crippen LogP contribution in [0.25, 0.3) is 0 Å². The summed E-state index contributed by atoms with van der Waals surface area (Å²) in [5.74, 6) is 1.64. The molecule has 92 valence electrons. The zero-order chi connectivity index (χ0) is 12.1. The van der Waals surface area contributed by atoms with Gasteiger partial charge in [0.25, 0.3) is 0 Å². The molecule has 0 atom stereocenters. The molecule has 4 heteroatoms. The predicted octanol–water partition coefficient (Wildman–Crippen LogP) is 2.27. The highest BCUT2D eigenvalue weighted by molar-refractivity contribution is 5.17. The molecule has 2 rings (SSSR count). The molecule has 0 aliphatic carbocycles. The van der Waals surface area contributed by atoms with Crippen molar-refractivity contribution in [3.63, 3.8) is 0 Å². The molecule has 0 aromatic carbocycles. The molecule has 0 amide bonds. The molecular weight excluding hydrogens is 214 g/mol. The van der Waals surface area contributed by atoms with Crippen LogP contribution in [0.3, 0.4) is 0 Å². The van der Waals surface area contributed by atoms with Crippen LogP contribution in [-0.4, -0.2) is 16.3 Å². The zero-order valence-corrected chi connectivity index (χ0v) is 10.4. The Bertz CT molecular complexity index is 431. The molecule has 0 fully saturated rings. The van der Waals surface area contributed by atoms with Gasteiger partial charge in [0.1, 0.15) is 5.76 Å². The Kier molecular flexibility index (Phi) is 3.98.